The van der Waals surface area contributed by atoms with E-state index in [2.05, 4.69) is 0 Å². The standard InChI is InChI=1S/C17H19ClN2O5/c18-11-1-3-12(4-2-11)20-6-5-14(17(20)24)16(23)19-7-8-25-13(10-19)9-15(21)22/h1-4,13-14H,5-10H2,(H,21,22). The van der Waals surface area contributed by atoms with E-state index in [1.54, 1.807) is 34.1 Å². The number of nitrogens with zero attached hydrogens (tertiary/aromatic N) is 2. The monoisotopic (exact) mass is 366 g/mol. The van der Waals surface area contributed by atoms with Gasteiger partial charge in [0.1, 0.15) is 5.92 Å². The van der Waals surface area contributed by atoms with Crippen LogP contribution in [0.3, 0.4) is 0 Å². The Morgan fingerprint density at radius 1 is 1.24 bits per heavy atom. The van der Waals surface area contributed by atoms with Gasteiger partial charge in [-0.2, -0.15) is 0 Å². The highest BCUT2D eigenvalue weighted by atomic mass is 35.5. The fourth-order valence-corrected chi connectivity index (χ4v) is 3.37. The van der Waals surface area contributed by atoms with Gasteiger partial charge < -0.3 is 19.6 Å². The molecular weight excluding hydrogens is 348 g/mol. The predicted octanol–water partition coefficient (Wildman–Crippen LogP) is 1.40. The van der Waals surface area contributed by atoms with Crippen LogP contribution in [0.1, 0.15) is 12.8 Å². The molecule has 2 aliphatic rings. The van der Waals surface area contributed by atoms with E-state index in [1.807, 2.05) is 0 Å². The quantitative estimate of drug-likeness (QED) is 0.814. The average molecular weight is 367 g/mol. The highest BCUT2D eigenvalue weighted by molar-refractivity contribution is 6.30. The largest absolute Gasteiger partial charge is 0.481 e. The number of ether oxygens (including phenoxy) is 1. The lowest BCUT2D eigenvalue weighted by Crippen LogP contribution is -2.49. The van der Waals surface area contributed by atoms with Crippen molar-refractivity contribution in [1.29, 1.82) is 0 Å². The van der Waals surface area contributed by atoms with E-state index in [1.165, 1.54) is 0 Å². The van der Waals surface area contributed by atoms with E-state index in [0.29, 0.717) is 24.5 Å². The number of amides is 2. The van der Waals surface area contributed by atoms with E-state index in [9.17, 15) is 14.4 Å². The molecule has 0 radical (unpaired) electrons. The van der Waals surface area contributed by atoms with Crippen LogP contribution in [0.4, 0.5) is 5.69 Å². The summed E-state index contributed by atoms with van der Waals surface area (Å²) in [5.41, 5.74) is 0.718. The minimum atomic E-state index is -0.967. The summed E-state index contributed by atoms with van der Waals surface area (Å²) >= 11 is 5.87. The van der Waals surface area contributed by atoms with E-state index in [4.69, 9.17) is 21.4 Å². The van der Waals surface area contributed by atoms with Crippen molar-refractivity contribution in [3.8, 4) is 0 Å². The lowest BCUT2D eigenvalue weighted by molar-refractivity contribution is -0.151. The van der Waals surface area contributed by atoms with Crippen LogP contribution in [-0.2, 0) is 19.1 Å². The van der Waals surface area contributed by atoms with E-state index in [-0.39, 0.29) is 31.4 Å². The summed E-state index contributed by atoms with van der Waals surface area (Å²) in [6, 6.07) is 6.92. The molecule has 2 heterocycles. The number of carboxylic acid groups (broad SMARTS) is 1. The molecule has 2 amide bonds. The van der Waals surface area contributed by atoms with Crippen molar-refractivity contribution in [3.05, 3.63) is 29.3 Å². The van der Waals surface area contributed by atoms with E-state index >= 15 is 0 Å². The number of rotatable bonds is 4. The molecule has 2 saturated heterocycles. The Bertz CT molecular complexity index is 678. The first kappa shape index (κ1) is 17.7. The summed E-state index contributed by atoms with van der Waals surface area (Å²) in [6.45, 7) is 1.33. The summed E-state index contributed by atoms with van der Waals surface area (Å²) in [5.74, 6) is -2.17. The van der Waals surface area contributed by atoms with Gasteiger partial charge in [-0.15, -0.1) is 0 Å². The van der Waals surface area contributed by atoms with Gasteiger partial charge in [-0.25, -0.2) is 0 Å². The van der Waals surface area contributed by atoms with Crippen LogP contribution in [-0.4, -0.2) is 60.1 Å². The summed E-state index contributed by atoms with van der Waals surface area (Å²) in [6.07, 6.45) is -0.236. The predicted molar refractivity (Wildman–Crippen MR) is 90.5 cm³/mol. The van der Waals surface area contributed by atoms with Gasteiger partial charge in [0.25, 0.3) is 0 Å². The molecule has 0 saturated carbocycles. The Kier molecular flexibility index (Phi) is 5.24. The number of hydrogen-bond donors (Lipinski definition) is 1. The maximum absolute atomic E-state index is 12.7. The number of carbonyl (C=O) groups is 3. The van der Waals surface area contributed by atoms with Crippen molar-refractivity contribution in [1.82, 2.24) is 4.90 Å². The van der Waals surface area contributed by atoms with Crippen LogP contribution in [0, 0.1) is 5.92 Å². The fraction of sp³-hybridized carbons (Fsp3) is 0.471. The van der Waals surface area contributed by atoms with Gasteiger partial charge in [-0.1, -0.05) is 11.6 Å². The number of halogens is 1. The molecule has 2 aliphatic heterocycles. The Balaban J connectivity index is 1.65. The molecule has 0 aliphatic carbocycles. The molecule has 0 spiro atoms. The number of hydrogen-bond acceptors (Lipinski definition) is 4. The number of carboxylic acids is 1. The smallest absolute Gasteiger partial charge is 0.306 e. The second kappa shape index (κ2) is 7.41. The molecule has 25 heavy (non-hydrogen) atoms. The third-order valence-electron chi connectivity index (χ3n) is 4.49. The molecule has 1 aromatic rings. The fourth-order valence-electron chi connectivity index (χ4n) is 3.24. The molecule has 7 nitrogen and oxygen atoms in total. The van der Waals surface area contributed by atoms with Gasteiger partial charge in [0.05, 0.1) is 19.1 Å². The summed E-state index contributed by atoms with van der Waals surface area (Å²) in [5, 5.41) is 9.45. The molecule has 2 fully saturated rings. The van der Waals surface area contributed by atoms with Crippen LogP contribution in [0.15, 0.2) is 24.3 Å². The minimum Gasteiger partial charge on any atom is -0.481 e. The van der Waals surface area contributed by atoms with Crippen molar-refractivity contribution in [2.45, 2.75) is 18.9 Å². The summed E-state index contributed by atoms with van der Waals surface area (Å²) < 4.78 is 5.38. The lowest BCUT2D eigenvalue weighted by atomic mass is 10.1. The molecule has 3 rings (SSSR count). The van der Waals surface area contributed by atoms with Gasteiger partial charge >= 0.3 is 5.97 Å². The highest BCUT2D eigenvalue weighted by Gasteiger charge is 2.40. The van der Waals surface area contributed by atoms with Crippen LogP contribution >= 0.6 is 11.6 Å². The highest BCUT2D eigenvalue weighted by Crippen LogP contribution is 2.28. The molecule has 0 bridgehead atoms. The molecule has 2 unspecified atom stereocenters. The molecule has 1 N–H and O–H groups in total. The molecule has 1 aromatic carbocycles. The molecule has 8 heteroatoms. The first-order valence-electron chi connectivity index (χ1n) is 8.15. The lowest BCUT2D eigenvalue weighted by Gasteiger charge is -2.33. The van der Waals surface area contributed by atoms with Crippen molar-refractivity contribution in [3.63, 3.8) is 0 Å². The number of benzene rings is 1. The van der Waals surface area contributed by atoms with Gasteiger partial charge in [0, 0.05) is 30.3 Å². The molecule has 134 valence electrons. The van der Waals surface area contributed by atoms with Gasteiger partial charge in [-0.3, -0.25) is 14.4 Å². The van der Waals surface area contributed by atoms with Gasteiger partial charge in [0.15, 0.2) is 0 Å². The summed E-state index contributed by atoms with van der Waals surface area (Å²) in [7, 11) is 0. The van der Waals surface area contributed by atoms with Crippen LogP contribution in [0.25, 0.3) is 0 Å². The van der Waals surface area contributed by atoms with Gasteiger partial charge in [0.2, 0.25) is 11.8 Å². The number of aliphatic carboxylic acids is 1. The summed E-state index contributed by atoms with van der Waals surface area (Å²) in [4.78, 5) is 39.3. The third kappa shape index (κ3) is 3.93. The Morgan fingerprint density at radius 3 is 2.64 bits per heavy atom. The Morgan fingerprint density at radius 2 is 1.96 bits per heavy atom. The average Bonchev–Trinajstić information content (AvgIpc) is 2.96. The van der Waals surface area contributed by atoms with Crippen molar-refractivity contribution in [2.24, 2.45) is 5.92 Å². The number of anilines is 1. The van der Waals surface area contributed by atoms with E-state index < -0.39 is 18.0 Å². The normalized spacial score (nSPS) is 23.8. The van der Waals surface area contributed by atoms with Gasteiger partial charge in [-0.05, 0) is 30.7 Å². The SMILES string of the molecule is O=C(O)CC1CN(C(=O)C2CCN(c3ccc(Cl)cc3)C2=O)CCO1. The van der Waals surface area contributed by atoms with Crippen molar-refractivity contribution in [2.75, 3.05) is 31.1 Å². The van der Waals surface area contributed by atoms with Crippen LogP contribution in [0.5, 0.6) is 0 Å². The molecular formula is C17H19ClN2O5. The zero-order valence-electron chi connectivity index (χ0n) is 13.6. The van der Waals surface area contributed by atoms with Crippen molar-refractivity contribution >= 4 is 35.1 Å². The zero-order valence-corrected chi connectivity index (χ0v) is 14.3. The van der Waals surface area contributed by atoms with Crippen LogP contribution in [0.2, 0.25) is 5.02 Å². The Hall–Kier alpha value is -2.12. The first-order chi connectivity index (χ1) is 12.0. The number of morpholine rings is 1. The first-order valence-corrected chi connectivity index (χ1v) is 8.52. The maximum Gasteiger partial charge on any atom is 0.306 e. The Labute approximate surface area is 150 Å². The second-order valence-corrected chi connectivity index (χ2v) is 6.62. The zero-order chi connectivity index (χ0) is 18.0. The minimum absolute atomic E-state index is 0.153. The van der Waals surface area contributed by atoms with Crippen molar-refractivity contribution < 1.29 is 24.2 Å². The molecule has 2 atom stereocenters. The van der Waals surface area contributed by atoms with Crippen LogP contribution < -0.4 is 4.90 Å². The topological polar surface area (TPSA) is 87.2 Å². The maximum atomic E-state index is 12.7. The number of carbonyl (C=O) groups excluding carboxylic acids is 2. The van der Waals surface area contributed by atoms with E-state index in [0.717, 1.165) is 5.69 Å². The second-order valence-electron chi connectivity index (χ2n) is 6.18. The molecule has 0 aromatic heterocycles. The third-order valence-corrected chi connectivity index (χ3v) is 4.75.